The quantitative estimate of drug-likeness (QED) is 0.573. The molecule has 1 aliphatic heterocycles. The summed E-state index contributed by atoms with van der Waals surface area (Å²) in [6, 6.07) is 4.02. The van der Waals surface area contributed by atoms with Crippen LogP contribution in [-0.2, 0) is 13.0 Å². The smallest absolute Gasteiger partial charge is 0.324 e. The van der Waals surface area contributed by atoms with Gasteiger partial charge in [0.25, 0.3) is 0 Å². The molecule has 12 heavy (non-hydrogen) atoms. The predicted octanol–water partition coefficient (Wildman–Crippen LogP) is -0.346. The third-order valence-electron chi connectivity index (χ3n) is 2.12. The summed E-state index contributed by atoms with van der Waals surface area (Å²) in [7, 11) is 1.64. The molecule has 0 fully saturated rings. The summed E-state index contributed by atoms with van der Waals surface area (Å²) in [5.41, 5.74) is 2.47. The number of pyridine rings is 1. The van der Waals surface area contributed by atoms with Crippen molar-refractivity contribution in [3.05, 3.63) is 23.4 Å². The Balaban J connectivity index is 2.36. The fraction of sp³-hybridized carbons (Fsp3) is 0.375. The van der Waals surface area contributed by atoms with Crippen LogP contribution >= 0.6 is 0 Å². The van der Waals surface area contributed by atoms with Gasteiger partial charge < -0.3 is 9.97 Å². The molecule has 1 aromatic heterocycles. The van der Waals surface area contributed by atoms with E-state index in [4.69, 9.17) is 4.65 Å². The van der Waals surface area contributed by atoms with Crippen molar-refractivity contribution < 1.29 is 4.65 Å². The van der Waals surface area contributed by atoms with Crippen molar-refractivity contribution >= 4 is 8.05 Å². The molecule has 0 saturated carbocycles. The van der Waals surface area contributed by atoms with Gasteiger partial charge in [0, 0.05) is 6.54 Å². The molecule has 1 aromatic rings. The van der Waals surface area contributed by atoms with Gasteiger partial charge in [-0.05, 0) is 24.6 Å². The first kappa shape index (κ1) is 7.62. The summed E-state index contributed by atoms with van der Waals surface area (Å²) in [6.07, 6.45) is 1.08. The standard InChI is InChI=1S/C8H11BN2O/c9-12-8-2-1-6-3-4-10-5-7(6)11-8/h1-2,10H,3-5,9H2. The van der Waals surface area contributed by atoms with Crippen molar-refractivity contribution in [2.45, 2.75) is 13.0 Å². The zero-order chi connectivity index (χ0) is 8.39. The first-order chi connectivity index (χ1) is 5.90. The minimum atomic E-state index is 0.706. The molecule has 0 amide bonds. The van der Waals surface area contributed by atoms with Crippen LogP contribution in [-0.4, -0.2) is 19.6 Å². The molecule has 0 aliphatic carbocycles. The Morgan fingerprint density at radius 2 is 2.42 bits per heavy atom. The van der Waals surface area contributed by atoms with E-state index in [9.17, 15) is 0 Å². The molecule has 2 rings (SSSR count). The molecular weight excluding hydrogens is 151 g/mol. The van der Waals surface area contributed by atoms with E-state index in [2.05, 4.69) is 16.4 Å². The molecule has 0 radical (unpaired) electrons. The van der Waals surface area contributed by atoms with Crippen LogP contribution in [0.5, 0.6) is 5.88 Å². The highest BCUT2D eigenvalue weighted by molar-refractivity contribution is 5.99. The maximum absolute atomic E-state index is 5.04. The zero-order valence-corrected chi connectivity index (χ0v) is 7.13. The molecule has 0 atom stereocenters. The number of nitrogens with zero attached hydrogens (tertiary/aromatic N) is 1. The van der Waals surface area contributed by atoms with Crippen LogP contribution in [0.25, 0.3) is 0 Å². The van der Waals surface area contributed by atoms with E-state index in [1.807, 2.05) is 6.07 Å². The molecule has 0 unspecified atom stereocenters. The molecule has 62 valence electrons. The van der Waals surface area contributed by atoms with Crippen LogP contribution in [0, 0.1) is 0 Å². The first-order valence-corrected chi connectivity index (χ1v) is 4.13. The normalized spacial score (nSPS) is 15.3. The number of nitrogens with one attached hydrogen (secondary N) is 1. The highest BCUT2D eigenvalue weighted by Crippen LogP contribution is 2.15. The van der Waals surface area contributed by atoms with Crippen molar-refractivity contribution in [3.63, 3.8) is 0 Å². The third kappa shape index (κ3) is 1.30. The molecule has 0 bridgehead atoms. The van der Waals surface area contributed by atoms with Crippen LogP contribution in [0.1, 0.15) is 11.3 Å². The number of hydrogen-bond donors (Lipinski definition) is 1. The summed E-state index contributed by atoms with van der Waals surface area (Å²) < 4.78 is 5.04. The Morgan fingerprint density at radius 1 is 1.50 bits per heavy atom. The van der Waals surface area contributed by atoms with Gasteiger partial charge in [-0.2, -0.15) is 0 Å². The molecule has 4 heteroatoms. The summed E-state index contributed by atoms with van der Waals surface area (Å²) >= 11 is 0. The minimum Gasteiger partial charge on any atom is -0.555 e. The van der Waals surface area contributed by atoms with Gasteiger partial charge in [-0.25, -0.2) is 4.98 Å². The molecule has 0 aromatic carbocycles. The Labute approximate surface area is 72.6 Å². The van der Waals surface area contributed by atoms with Gasteiger partial charge in [0.2, 0.25) is 0 Å². The number of aromatic nitrogens is 1. The lowest BCUT2D eigenvalue weighted by atomic mass is 10.1. The van der Waals surface area contributed by atoms with Crippen molar-refractivity contribution in [2.24, 2.45) is 0 Å². The lowest BCUT2D eigenvalue weighted by Gasteiger charge is -2.16. The minimum absolute atomic E-state index is 0.706. The van der Waals surface area contributed by atoms with Gasteiger partial charge >= 0.3 is 8.05 Å². The highest BCUT2D eigenvalue weighted by atomic mass is 16.4. The second-order valence-electron chi connectivity index (χ2n) is 2.89. The van der Waals surface area contributed by atoms with Gasteiger partial charge in [0.1, 0.15) is 0 Å². The van der Waals surface area contributed by atoms with Gasteiger partial charge in [0.05, 0.1) is 5.69 Å². The molecule has 1 N–H and O–H groups in total. The van der Waals surface area contributed by atoms with E-state index in [1.54, 1.807) is 8.05 Å². The van der Waals surface area contributed by atoms with E-state index in [1.165, 1.54) is 5.56 Å². The van der Waals surface area contributed by atoms with Crippen LogP contribution in [0.15, 0.2) is 12.1 Å². The Hall–Kier alpha value is -1.03. The molecule has 0 saturated heterocycles. The van der Waals surface area contributed by atoms with E-state index in [0.29, 0.717) is 5.88 Å². The van der Waals surface area contributed by atoms with Crippen LogP contribution < -0.4 is 9.97 Å². The summed E-state index contributed by atoms with van der Waals surface area (Å²) in [5, 5.41) is 3.27. The topological polar surface area (TPSA) is 34.1 Å². The lowest BCUT2D eigenvalue weighted by Crippen LogP contribution is -2.24. The third-order valence-corrected chi connectivity index (χ3v) is 2.12. The van der Waals surface area contributed by atoms with Gasteiger partial charge in [-0.15, -0.1) is 0 Å². The Kier molecular flexibility index (Phi) is 2.00. The maximum Gasteiger partial charge on any atom is 0.324 e. The summed E-state index contributed by atoms with van der Waals surface area (Å²) in [6.45, 7) is 1.92. The molecule has 1 aliphatic rings. The van der Waals surface area contributed by atoms with Crippen LogP contribution in [0.3, 0.4) is 0 Å². The fourth-order valence-electron chi connectivity index (χ4n) is 1.43. The van der Waals surface area contributed by atoms with E-state index in [-0.39, 0.29) is 0 Å². The second-order valence-corrected chi connectivity index (χ2v) is 2.89. The highest BCUT2D eigenvalue weighted by Gasteiger charge is 2.09. The number of rotatable bonds is 1. The monoisotopic (exact) mass is 162 g/mol. The number of fused-ring (bicyclic) bond motifs is 1. The second kappa shape index (κ2) is 3.15. The lowest BCUT2D eigenvalue weighted by molar-refractivity contribution is 0.563. The Morgan fingerprint density at radius 3 is 3.25 bits per heavy atom. The summed E-state index contributed by atoms with van der Waals surface area (Å²) in [5.74, 6) is 0.706. The molecule has 2 heterocycles. The first-order valence-electron chi connectivity index (χ1n) is 4.13. The van der Waals surface area contributed by atoms with E-state index in [0.717, 1.165) is 25.2 Å². The van der Waals surface area contributed by atoms with Crippen LogP contribution in [0.2, 0.25) is 0 Å². The van der Waals surface area contributed by atoms with Gasteiger partial charge in [0.15, 0.2) is 5.88 Å². The number of hydrogen-bond acceptors (Lipinski definition) is 3. The SMILES string of the molecule is BOc1ccc2c(n1)CNCC2. The zero-order valence-electron chi connectivity index (χ0n) is 7.13. The van der Waals surface area contributed by atoms with Crippen molar-refractivity contribution in [3.8, 4) is 5.88 Å². The largest absolute Gasteiger partial charge is 0.555 e. The Bertz CT molecular complexity index is 290. The predicted molar refractivity (Wildman–Crippen MR) is 48.8 cm³/mol. The maximum atomic E-state index is 5.04. The van der Waals surface area contributed by atoms with Crippen molar-refractivity contribution in [2.75, 3.05) is 6.54 Å². The average Bonchev–Trinajstić information content (AvgIpc) is 2.17. The van der Waals surface area contributed by atoms with Gasteiger partial charge in [-0.1, -0.05) is 6.07 Å². The fourth-order valence-corrected chi connectivity index (χ4v) is 1.43. The summed E-state index contributed by atoms with van der Waals surface area (Å²) in [4.78, 5) is 4.35. The molecule has 3 nitrogen and oxygen atoms in total. The van der Waals surface area contributed by atoms with Crippen LogP contribution in [0.4, 0.5) is 0 Å². The van der Waals surface area contributed by atoms with Crippen molar-refractivity contribution in [1.29, 1.82) is 0 Å². The van der Waals surface area contributed by atoms with E-state index < -0.39 is 0 Å². The molecular formula is C8H11BN2O. The van der Waals surface area contributed by atoms with Crippen molar-refractivity contribution in [1.82, 2.24) is 10.3 Å². The molecule has 0 spiro atoms. The van der Waals surface area contributed by atoms with E-state index >= 15 is 0 Å². The average molecular weight is 162 g/mol. The van der Waals surface area contributed by atoms with Gasteiger partial charge in [-0.3, -0.25) is 0 Å².